The van der Waals surface area contributed by atoms with E-state index in [1.54, 1.807) is 23.5 Å². The van der Waals surface area contributed by atoms with Gasteiger partial charge in [-0.25, -0.2) is 4.39 Å². The number of hydrogen-bond donors (Lipinski definition) is 1. The fourth-order valence-corrected chi connectivity index (χ4v) is 2.48. The Labute approximate surface area is 103 Å². The lowest BCUT2D eigenvalue weighted by atomic mass is 10.1. The number of halogens is 1. The zero-order valence-electron chi connectivity index (χ0n) is 8.98. The highest BCUT2D eigenvalue weighted by atomic mass is 32.1. The van der Waals surface area contributed by atoms with Crippen molar-refractivity contribution in [2.75, 3.05) is 0 Å². The molecule has 2 heterocycles. The summed E-state index contributed by atoms with van der Waals surface area (Å²) in [5.74, 6) is -0.206. The molecule has 0 unspecified atom stereocenters. The summed E-state index contributed by atoms with van der Waals surface area (Å²) in [7, 11) is 0. The smallest absolute Gasteiger partial charge is 0.123 e. The number of aromatic amines is 1. The second-order valence-electron chi connectivity index (χ2n) is 3.79. The normalized spacial score (nSPS) is 10.6. The van der Waals surface area contributed by atoms with E-state index in [9.17, 15) is 4.39 Å². The molecular formula is C14H10FNS. The van der Waals surface area contributed by atoms with Crippen LogP contribution in [0.1, 0.15) is 0 Å². The number of benzene rings is 1. The zero-order valence-corrected chi connectivity index (χ0v) is 9.80. The number of rotatable bonds is 2. The van der Waals surface area contributed by atoms with E-state index >= 15 is 0 Å². The van der Waals surface area contributed by atoms with E-state index in [2.05, 4.69) is 17.1 Å². The Bertz CT molecular complexity index is 608. The molecule has 1 N–H and O–H groups in total. The molecule has 0 saturated carbocycles. The van der Waals surface area contributed by atoms with E-state index in [1.807, 2.05) is 17.6 Å². The van der Waals surface area contributed by atoms with Gasteiger partial charge in [0.15, 0.2) is 0 Å². The molecule has 3 aromatic rings. The highest BCUT2D eigenvalue weighted by Crippen LogP contribution is 2.28. The van der Waals surface area contributed by atoms with Crippen molar-refractivity contribution in [3.05, 3.63) is 59.9 Å². The van der Waals surface area contributed by atoms with Gasteiger partial charge in [-0.05, 0) is 40.8 Å². The van der Waals surface area contributed by atoms with E-state index in [4.69, 9.17) is 0 Å². The number of aromatic nitrogens is 1. The average molecular weight is 243 g/mol. The molecule has 1 nitrogen and oxygen atoms in total. The maximum atomic E-state index is 12.8. The lowest BCUT2D eigenvalue weighted by Crippen LogP contribution is -1.75. The minimum Gasteiger partial charge on any atom is -0.360 e. The molecule has 0 amide bonds. The molecule has 2 aromatic heterocycles. The second kappa shape index (κ2) is 4.18. The first kappa shape index (κ1) is 10.3. The summed E-state index contributed by atoms with van der Waals surface area (Å²) in [5, 5.41) is 2.05. The van der Waals surface area contributed by atoms with E-state index < -0.39 is 0 Å². The summed E-state index contributed by atoms with van der Waals surface area (Å²) in [6, 6.07) is 12.7. The number of H-pyrrole nitrogens is 1. The van der Waals surface area contributed by atoms with E-state index in [1.165, 1.54) is 17.0 Å². The molecule has 0 saturated heterocycles. The van der Waals surface area contributed by atoms with Crippen molar-refractivity contribution < 1.29 is 4.39 Å². The van der Waals surface area contributed by atoms with Gasteiger partial charge in [0.25, 0.3) is 0 Å². The van der Waals surface area contributed by atoms with Crippen LogP contribution in [0, 0.1) is 5.82 Å². The van der Waals surface area contributed by atoms with Crippen LogP contribution in [-0.4, -0.2) is 4.98 Å². The van der Waals surface area contributed by atoms with Gasteiger partial charge >= 0.3 is 0 Å². The van der Waals surface area contributed by atoms with Crippen molar-refractivity contribution in [1.82, 2.24) is 4.98 Å². The van der Waals surface area contributed by atoms with Gasteiger partial charge in [-0.15, -0.1) is 11.3 Å². The Morgan fingerprint density at radius 1 is 1.00 bits per heavy atom. The molecule has 17 heavy (non-hydrogen) atoms. The number of thiophene rings is 1. The molecule has 84 valence electrons. The van der Waals surface area contributed by atoms with Crippen LogP contribution in [-0.2, 0) is 0 Å². The summed E-state index contributed by atoms with van der Waals surface area (Å²) in [6.07, 6.45) is 1.95. The molecule has 0 aliphatic carbocycles. The standard InChI is InChI=1S/C14H10FNS/c15-12-5-3-10(4-6-12)11-8-13(16-9-11)14-2-1-7-17-14/h1-9,16H. The SMILES string of the molecule is Fc1ccc(-c2c[nH]c(-c3cccs3)c2)cc1. The molecule has 0 aliphatic heterocycles. The van der Waals surface area contributed by atoms with E-state index in [0.717, 1.165) is 16.8 Å². The van der Waals surface area contributed by atoms with Crippen LogP contribution in [0.3, 0.4) is 0 Å². The molecule has 0 atom stereocenters. The molecule has 0 radical (unpaired) electrons. The third kappa shape index (κ3) is 2.01. The van der Waals surface area contributed by atoms with Gasteiger partial charge < -0.3 is 4.98 Å². The van der Waals surface area contributed by atoms with Crippen LogP contribution in [0.25, 0.3) is 21.7 Å². The van der Waals surface area contributed by atoms with Gasteiger partial charge in [-0.2, -0.15) is 0 Å². The Morgan fingerprint density at radius 2 is 1.82 bits per heavy atom. The predicted octanol–water partition coefficient (Wildman–Crippen LogP) is 4.55. The monoisotopic (exact) mass is 243 g/mol. The van der Waals surface area contributed by atoms with Gasteiger partial charge in [0, 0.05) is 6.20 Å². The Morgan fingerprint density at radius 3 is 2.53 bits per heavy atom. The van der Waals surface area contributed by atoms with Crippen molar-refractivity contribution in [3.8, 4) is 21.7 Å². The van der Waals surface area contributed by atoms with Crippen molar-refractivity contribution in [2.24, 2.45) is 0 Å². The largest absolute Gasteiger partial charge is 0.360 e. The van der Waals surface area contributed by atoms with Crippen LogP contribution in [0.5, 0.6) is 0 Å². The predicted molar refractivity (Wildman–Crippen MR) is 69.5 cm³/mol. The lowest BCUT2D eigenvalue weighted by molar-refractivity contribution is 0.628. The first-order valence-corrected chi connectivity index (χ1v) is 6.19. The summed E-state index contributed by atoms with van der Waals surface area (Å²) < 4.78 is 12.8. The molecular weight excluding hydrogens is 233 g/mol. The fraction of sp³-hybridized carbons (Fsp3) is 0. The maximum Gasteiger partial charge on any atom is 0.123 e. The Hall–Kier alpha value is -1.87. The maximum absolute atomic E-state index is 12.8. The first-order chi connectivity index (χ1) is 8.33. The highest BCUT2D eigenvalue weighted by molar-refractivity contribution is 7.13. The third-order valence-corrected chi connectivity index (χ3v) is 3.55. The molecule has 3 rings (SSSR count). The lowest BCUT2D eigenvalue weighted by Gasteiger charge is -1.96. The van der Waals surface area contributed by atoms with Gasteiger partial charge in [0.1, 0.15) is 5.82 Å². The highest BCUT2D eigenvalue weighted by Gasteiger charge is 2.04. The quantitative estimate of drug-likeness (QED) is 0.679. The Kier molecular flexibility index (Phi) is 2.53. The van der Waals surface area contributed by atoms with Crippen LogP contribution in [0.15, 0.2) is 54.0 Å². The zero-order chi connectivity index (χ0) is 11.7. The van der Waals surface area contributed by atoms with Crippen LogP contribution in [0.2, 0.25) is 0 Å². The van der Waals surface area contributed by atoms with Gasteiger partial charge in [0.2, 0.25) is 0 Å². The Balaban J connectivity index is 1.98. The average Bonchev–Trinajstić information content (AvgIpc) is 3.00. The van der Waals surface area contributed by atoms with Crippen molar-refractivity contribution >= 4 is 11.3 Å². The number of hydrogen-bond acceptors (Lipinski definition) is 1. The first-order valence-electron chi connectivity index (χ1n) is 5.31. The molecule has 0 spiro atoms. The molecule has 0 aliphatic rings. The third-order valence-electron chi connectivity index (χ3n) is 2.65. The molecule has 0 bridgehead atoms. The van der Waals surface area contributed by atoms with Crippen LogP contribution >= 0.6 is 11.3 Å². The molecule has 0 fully saturated rings. The van der Waals surface area contributed by atoms with Crippen LogP contribution < -0.4 is 0 Å². The molecule has 3 heteroatoms. The van der Waals surface area contributed by atoms with E-state index in [0.29, 0.717) is 0 Å². The van der Waals surface area contributed by atoms with Gasteiger partial charge in [0.05, 0.1) is 10.6 Å². The van der Waals surface area contributed by atoms with Gasteiger partial charge in [-0.1, -0.05) is 18.2 Å². The van der Waals surface area contributed by atoms with Crippen LogP contribution in [0.4, 0.5) is 4.39 Å². The summed E-state index contributed by atoms with van der Waals surface area (Å²) in [6.45, 7) is 0. The number of nitrogens with one attached hydrogen (secondary N) is 1. The summed E-state index contributed by atoms with van der Waals surface area (Å²) >= 11 is 1.70. The second-order valence-corrected chi connectivity index (χ2v) is 4.73. The van der Waals surface area contributed by atoms with Crippen molar-refractivity contribution in [2.45, 2.75) is 0 Å². The minimum atomic E-state index is -0.206. The van der Waals surface area contributed by atoms with E-state index in [-0.39, 0.29) is 5.82 Å². The fourth-order valence-electron chi connectivity index (χ4n) is 1.78. The summed E-state index contributed by atoms with van der Waals surface area (Å²) in [4.78, 5) is 4.44. The van der Waals surface area contributed by atoms with Crippen molar-refractivity contribution in [1.29, 1.82) is 0 Å². The minimum absolute atomic E-state index is 0.206. The summed E-state index contributed by atoms with van der Waals surface area (Å²) in [5.41, 5.74) is 3.19. The molecule has 1 aromatic carbocycles. The van der Waals surface area contributed by atoms with Crippen molar-refractivity contribution in [3.63, 3.8) is 0 Å². The van der Waals surface area contributed by atoms with Gasteiger partial charge in [-0.3, -0.25) is 0 Å². The topological polar surface area (TPSA) is 15.8 Å².